The maximum atomic E-state index is 12.8. The van der Waals surface area contributed by atoms with Crippen LogP contribution in [-0.2, 0) is 20.7 Å². The van der Waals surface area contributed by atoms with Crippen molar-refractivity contribution < 1.29 is 33.7 Å². The summed E-state index contributed by atoms with van der Waals surface area (Å²) in [6.07, 6.45) is 0.414. The number of hydrogen-bond acceptors (Lipinski definition) is 7. The van der Waals surface area contributed by atoms with Gasteiger partial charge in [-0.05, 0) is 48.4 Å². The number of ether oxygens (including phenoxy) is 2. The molecule has 2 rings (SSSR count). The lowest BCUT2D eigenvalue weighted by Gasteiger charge is -2.12. The van der Waals surface area contributed by atoms with Gasteiger partial charge >= 0.3 is 11.9 Å². The van der Waals surface area contributed by atoms with Crippen molar-refractivity contribution in [3.05, 3.63) is 59.4 Å². The van der Waals surface area contributed by atoms with Gasteiger partial charge in [-0.25, -0.2) is 9.18 Å². The van der Waals surface area contributed by atoms with E-state index < -0.39 is 23.8 Å². The summed E-state index contributed by atoms with van der Waals surface area (Å²) < 4.78 is 22.8. The van der Waals surface area contributed by atoms with Crippen LogP contribution in [-0.4, -0.2) is 41.4 Å². The van der Waals surface area contributed by atoms with Crippen LogP contribution < -0.4 is 5.73 Å². The van der Waals surface area contributed by atoms with Gasteiger partial charge in [-0.3, -0.25) is 4.79 Å². The van der Waals surface area contributed by atoms with Gasteiger partial charge in [0.25, 0.3) is 0 Å². The molecule has 0 fully saturated rings. The first kappa shape index (κ1) is 20.2. The van der Waals surface area contributed by atoms with Gasteiger partial charge in [-0.2, -0.15) is 0 Å². The summed E-state index contributed by atoms with van der Waals surface area (Å²) in [7, 11) is 0. The predicted octanol–water partition coefficient (Wildman–Crippen LogP) is 1.90. The molecule has 7 nitrogen and oxygen atoms in total. The Morgan fingerprint density at radius 3 is 2.33 bits per heavy atom. The first-order chi connectivity index (χ1) is 12.9. The number of carbonyl (C=O) groups excluding carboxylic acids is 2. The summed E-state index contributed by atoms with van der Waals surface area (Å²) in [5, 5.41) is 18.7. The molecule has 0 radical (unpaired) electrons. The first-order valence-corrected chi connectivity index (χ1v) is 8.22. The summed E-state index contributed by atoms with van der Waals surface area (Å²) in [6.45, 7) is 0.0502. The van der Waals surface area contributed by atoms with Crippen molar-refractivity contribution in [3.63, 3.8) is 0 Å². The van der Waals surface area contributed by atoms with E-state index in [-0.39, 0.29) is 43.1 Å². The van der Waals surface area contributed by atoms with E-state index in [2.05, 4.69) is 0 Å². The van der Waals surface area contributed by atoms with Crippen LogP contribution in [0.1, 0.15) is 22.3 Å². The molecule has 0 bridgehead atoms. The molecule has 1 atom stereocenters. The minimum Gasteiger partial charge on any atom is -0.504 e. The van der Waals surface area contributed by atoms with Crippen molar-refractivity contribution in [2.24, 2.45) is 5.73 Å². The predicted molar refractivity (Wildman–Crippen MR) is 93.7 cm³/mol. The molecule has 4 N–H and O–H groups in total. The monoisotopic (exact) mass is 377 g/mol. The van der Waals surface area contributed by atoms with Crippen molar-refractivity contribution in [2.75, 3.05) is 13.2 Å². The van der Waals surface area contributed by atoms with E-state index >= 15 is 0 Å². The fourth-order valence-corrected chi connectivity index (χ4v) is 2.21. The molecule has 144 valence electrons. The second-order valence-corrected chi connectivity index (χ2v) is 5.80. The van der Waals surface area contributed by atoms with Gasteiger partial charge in [-0.1, -0.05) is 6.07 Å². The van der Waals surface area contributed by atoms with E-state index in [1.54, 1.807) is 0 Å². The molecule has 0 aromatic heterocycles. The molecular formula is C19H20FNO6. The zero-order chi connectivity index (χ0) is 19.8. The third-order valence-corrected chi connectivity index (χ3v) is 3.64. The molecule has 0 spiro atoms. The number of hydrogen-bond donors (Lipinski definition) is 3. The van der Waals surface area contributed by atoms with Crippen LogP contribution in [0.15, 0.2) is 42.5 Å². The Labute approximate surface area is 155 Å². The van der Waals surface area contributed by atoms with Crippen molar-refractivity contribution in [1.82, 2.24) is 0 Å². The Balaban J connectivity index is 1.67. The van der Waals surface area contributed by atoms with E-state index in [1.807, 2.05) is 0 Å². The Morgan fingerprint density at radius 2 is 1.67 bits per heavy atom. The van der Waals surface area contributed by atoms with Gasteiger partial charge < -0.3 is 25.4 Å². The SMILES string of the molecule is N[C@@H](Cc1ccc(O)c(O)c1)C(=O)OCCCOC(=O)c1ccc(F)cc1. The molecule has 27 heavy (non-hydrogen) atoms. The number of nitrogens with two attached hydrogens (primary N) is 1. The summed E-state index contributed by atoms with van der Waals surface area (Å²) >= 11 is 0. The molecule has 2 aromatic carbocycles. The number of esters is 2. The topological polar surface area (TPSA) is 119 Å². The highest BCUT2D eigenvalue weighted by Gasteiger charge is 2.16. The van der Waals surface area contributed by atoms with E-state index in [0.29, 0.717) is 5.56 Å². The summed E-state index contributed by atoms with van der Waals surface area (Å²) in [6, 6.07) is 8.18. The first-order valence-electron chi connectivity index (χ1n) is 8.22. The van der Waals surface area contributed by atoms with Crippen LogP contribution in [0.2, 0.25) is 0 Å². The summed E-state index contributed by atoms with van der Waals surface area (Å²) in [5.41, 5.74) is 6.56. The average molecular weight is 377 g/mol. The average Bonchev–Trinajstić information content (AvgIpc) is 2.64. The fourth-order valence-electron chi connectivity index (χ4n) is 2.21. The lowest BCUT2D eigenvalue weighted by Crippen LogP contribution is -2.34. The van der Waals surface area contributed by atoms with Crippen LogP contribution in [0, 0.1) is 5.82 Å². The second kappa shape index (κ2) is 9.54. The van der Waals surface area contributed by atoms with Gasteiger partial charge in [-0.15, -0.1) is 0 Å². The zero-order valence-electron chi connectivity index (χ0n) is 14.4. The molecule has 0 aliphatic carbocycles. The molecular weight excluding hydrogens is 357 g/mol. The molecule has 0 heterocycles. The number of benzene rings is 2. The van der Waals surface area contributed by atoms with Crippen LogP contribution in [0.3, 0.4) is 0 Å². The molecule has 2 aromatic rings. The second-order valence-electron chi connectivity index (χ2n) is 5.80. The molecule has 0 aliphatic heterocycles. The van der Waals surface area contributed by atoms with Crippen LogP contribution in [0.25, 0.3) is 0 Å². The highest BCUT2D eigenvalue weighted by molar-refractivity contribution is 5.89. The minimum absolute atomic E-state index is 0.0179. The van der Waals surface area contributed by atoms with Gasteiger partial charge in [0.2, 0.25) is 0 Å². The van der Waals surface area contributed by atoms with Gasteiger partial charge in [0.1, 0.15) is 11.9 Å². The zero-order valence-corrected chi connectivity index (χ0v) is 14.4. The Hall–Kier alpha value is -3.13. The number of phenols is 2. The molecule has 0 unspecified atom stereocenters. The highest BCUT2D eigenvalue weighted by Crippen LogP contribution is 2.25. The van der Waals surface area contributed by atoms with Crippen LogP contribution >= 0.6 is 0 Å². The molecule has 0 saturated carbocycles. The fraction of sp³-hybridized carbons (Fsp3) is 0.263. The van der Waals surface area contributed by atoms with E-state index in [9.17, 15) is 24.2 Å². The van der Waals surface area contributed by atoms with Crippen molar-refractivity contribution in [3.8, 4) is 11.5 Å². The maximum absolute atomic E-state index is 12.8. The quantitative estimate of drug-likeness (QED) is 0.365. The standard InChI is InChI=1S/C19H20FNO6/c20-14-5-3-13(4-6-14)18(24)26-8-1-9-27-19(25)15(21)10-12-2-7-16(22)17(23)11-12/h2-7,11,15,22-23H,1,8-10,21H2/t15-/m0/s1. The number of carbonyl (C=O) groups is 2. The van der Waals surface area contributed by atoms with Crippen LogP contribution in [0.4, 0.5) is 4.39 Å². The maximum Gasteiger partial charge on any atom is 0.338 e. The molecule has 0 amide bonds. The van der Waals surface area contributed by atoms with E-state index in [4.69, 9.17) is 15.2 Å². The summed E-state index contributed by atoms with van der Waals surface area (Å²) in [5.74, 6) is -2.23. The van der Waals surface area contributed by atoms with Crippen LogP contribution in [0.5, 0.6) is 11.5 Å². The smallest absolute Gasteiger partial charge is 0.338 e. The van der Waals surface area contributed by atoms with Crippen molar-refractivity contribution in [2.45, 2.75) is 18.9 Å². The van der Waals surface area contributed by atoms with Gasteiger partial charge in [0.05, 0.1) is 18.8 Å². The largest absolute Gasteiger partial charge is 0.504 e. The van der Waals surface area contributed by atoms with Crippen molar-refractivity contribution >= 4 is 11.9 Å². The highest BCUT2D eigenvalue weighted by atomic mass is 19.1. The Morgan fingerprint density at radius 1 is 1.00 bits per heavy atom. The lowest BCUT2D eigenvalue weighted by atomic mass is 10.1. The third kappa shape index (κ3) is 6.27. The minimum atomic E-state index is -0.935. The Kier molecular flexibility index (Phi) is 7.13. The van der Waals surface area contributed by atoms with E-state index in [0.717, 1.165) is 12.1 Å². The summed E-state index contributed by atoms with van der Waals surface area (Å²) in [4.78, 5) is 23.6. The number of aromatic hydroxyl groups is 2. The number of rotatable bonds is 8. The Bertz CT molecular complexity index is 793. The normalized spacial score (nSPS) is 11.6. The van der Waals surface area contributed by atoms with Gasteiger partial charge in [0, 0.05) is 6.42 Å². The third-order valence-electron chi connectivity index (χ3n) is 3.64. The number of halogens is 1. The molecule has 8 heteroatoms. The van der Waals surface area contributed by atoms with E-state index in [1.165, 1.54) is 30.3 Å². The molecule has 0 saturated heterocycles. The van der Waals surface area contributed by atoms with Gasteiger partial charge in [0.15, 0.2) is 11.5 Å². The molecule has 0 aliphatic rings. The lowest BCUT2D eigenvalue weighted by molar-refractivity contribution is -0.145. The van der Waals surface area contributed by atoms with Crippen molar-refractivity contribution in [1.29, 1.82) is 0 Å². The number of phenolic OH excluding ortho intramolecular Hbond substituents is 2.